The van der Waals surface area contributed by atoms with E-state index in [2.05, 4.69) is 0 Å². The second-order valence-electron chi connectivity index (χ2n) is 6.93. The molecule has 0 atom stereocenters. The van der Waals surface area contributed by atoms with Crippen molar-refractivity contribution in [1.82, 2.24) is 4.90 Å². The number of nitrogens with zero attached hydrogens (tertiary/aromatic N) is 2. The summed E-state index contributed by atoms with van der Waals surface area (Å²) in [6, 6.07) is 5.92. The van der Waals surface area contributed by atoms with Gasteiger partial charge in [0.05, 0.1) is 11.0 Å². The molecule has 1 aromatic carbocycles. The third kappa shape index (κ3) is 5.01. The maximum Gasteiger partial charge on any atom is 0.308 e. The van der Waals surface area contributed by atoms with Crippen molar-refractivity contribution in [2.24, 2.45) is 0 Å². The zero-order chi connectivity index (χ0) is 20.1. The van der Waals surface area contributed by atoms with E-state index in [0.717, 1.165) is 16.7 Å². The Bertz CT molecular complexity index is 818. The van der Waals surface area contributed by atoms with Crippen molar-refractivity contribution < 1.29 is 14.3 Å². The summed E-state index contributed by atoms with van der Waals surface area (Å²) in [5.41, 5.74) is 2.74. The maximum atomic E-state index is 12.5. The zero-order valence-corrected chi connectivity index (χ0v) is 17.1. The monoisotopic (exact) mass is 384 g/mol. The number of esters is 1. The number of thioether (sulfide) groups is 1. The number of rotatable bonds is 5. The quantitative estimate of drug-likeness (QED) is 0.316. The lowest BCUT2D eigenvalue weighted by Gasteiger charge is -2.21. The van der Waals surface area contributed by atoms with Gasteiger partial charge in [-0.15, -0.1) is 0 Å². The van der Waals surface area contributed by atoms with E-state index in [0.29, 0.717) is 10.7 Å². The Hall–Kier alpha value is -2.52. The number of amides is 1. The molecule has 0 saturated heterocycles. The second-order valence-corrected chi connectivity index (χ2v) is 7.88. The normalized spacial score (nSPS) is 15.6. The Morgan fingerprint density at radius 2 is 1.85 bits per heavy atom. The summed E-state index contributed by atoms with van der Waals surface area (Å²) in [7, 11) is 0. The van der Waals surface area contributed by atoms with Crippen LogP contribution in [-0.2, 0) is 9.59 Å². The molecule has 1 heterocycles. The molecule has 1 amide bonds. The molecule has 0 aliphatic carbocycles. The van der Waals surface area contributed by atoms with Gasteiger partial charge in [-0.25, -0.2) is 0 Å². The molecule has 2 rings (SSSR count). The number of carbonyl (C=O) groups is 2. The Labute approximate surface area is 164 Å². The highest BCUT2D eigenvalue weighted by atomic mass is 32.2. The highest BCUT2D eigenvalue weighted by Gasteiger charge is 2.22. The van der Waals surface area contributed by atoms with Gasteiger partial charge in [0.25, 0.3) is 5.91 Å². The lowest BCUT2D eigenvalue weighted by molar-refractivity contribution is -0.132. The molecular weight excluding hydrogens is 360 g/mol. The largest absolute Gasteiger partial charge is 0.426 e. The molecule has 1 aliphatic rings. The van der Waals surface area contributed by atoms with E-state index in [1.165, 1.54) is 23.6 Å². The molecule has 5 nitrogen and oxygen atoms in total. The number of benzene rings is 1. The lowest BCUT2D eigenvalue weighted by atomic mass is 9.91. The fraction of sp³-hybridized carbons (Fsp3) is 0.381. The summed E-state index contributed by atoms with van der Waals surface area (Å²) in [6.07, 6.45) is 3.45. The zero-order valence-electron chi connectivity index (χ0n) is 16.3. The average molecular weight is 385 g/mol. The van der Waals surface area contributed by atoms with E-state index >= 15 is 0 Å². The minimum absolute atomic E-state index is 0.0209. The first-order valence-electron chi connectivity index (χ1n) is 8.83. The third-order valence-corrected chi connectivity index (χ3v) is 4.91. The molecule has 0 aromatic heterocycles. The standard InChI is InChI=1S/C21H24N2O3S/c1-13(2)17-10-16(11-18(14(3)4)20(17)26-15(5)24)12-19-21(25)23(7-6-22)8-9-27-19/h8-14H,7H2,1-5H3/b19-12-. The van der Waals surface area contributed by atoms with Gasteiger partial charge in [-0.2, -0.15) is 5.26 Å². The molecule has 0 bridgehead atoms. The molecule has 142 valence electrons. The summed E-state index contributed by atoms with van der Waals surface area (Å²) in [4.78, 5) is 26.1. The third-order valence-electron chi connectivity index (χ3n) is 4.10. The smallest absolute Gasteiger partial charge is 0.308 e. The number of carbonyl (C=O) groups excluding carboxylic acids is 2. The van der Waals surface area contributed by atoms with Crippen LogP contribution in [0.1, 0.15) is 63.1 Å². The highest BCUT2D eigenvalue weighted by molar-refractivity contribution is 8.06. The predicted molar refractivity (Wildman–Crippen MR) is 108 cm³/mol. The van der Waals surface area contributed by atoms with Crippen LogP contribution in [0.15, 0.2) is 28.6 Å². The van der Waals surface area contributed by atoms with Gasteiger partial charge in [0.15, 0.2) is 0 Å². The average Bonchev–Trinajstić information content (AvgIpc) is 2.58. The Morgan fingerprint density at radius 1 is 1.26 bits per heavy atom. The van der Waals surface area contributed by atoms with Gasteiger partial charge in [-0.05, 0) is 52.1 Å². The van der Waals surface area contributed by atoms with E-state index in [1.54, 1.807) is 11.6 Å². The van der Waals surface area contributed by atoms with Crippen molar-refractivity contribution in [2.75, 3.05) is 6.54 Å². The van der Waals surface area contributed by atoms with E-state index in [-0.39, 0.29) is 30.3 Å². The van der Waals surface area contributed by atoms with Crippen LogP contribution in [0.25, 0.3) is 6.08 Å². The van der Waals surface area contributed by atoms with Crippen molar-refractivity contribution in [1.29, 1.82) is 5.26 Å². The number of hydrogen-bond acceptors (Lipinski definition) is 5. The van der Waals surface area contributed by atoms with Gasteiger partial charge >= 0.3 is 5.97 Å². The Balaban J connectivity index is 2.55. The van der Waals surface area contributed by atoms with E-state index < -0.39 is 0 Å². The minimum atomic E-state index is -0.347. The summed E-state index contributed by atoms with van der Waals surface area (Å²) in [5, 5.41) is 10.7. The second kappa shape index (κ2) is 8.92. The van der Waals surface area contributed by atoms with Crippen LogP contribution in [0.2, 0.25) is 0 Å². The first-order valence-corrected chi connectivity index (χ1v) is 9.71. The molecule has 27 heavy (non-hydrogen) atoms. The van der Waals surface area contributed by atoms with Gasteiger partial charge in [0, 0.05) is 13.1 Å². The minimum Gasteiger partial charge on any atom is -0.426 e. The fourth-order valence-electron chi connectivity index (χ4n) is 2.79. The first kappa shape index (κ1) is 20.8. The van der Waals surface area contributed by atoms with Crippen LogP contribution in [0.4, 0.5) is 0 Å². The fourth-order valence-corrected chi connectivity index (χ4v) is 3.56. The first-order chi connectivity index (χ1) is 12.7. The van der Waals surface area contributed by atoms with E-state index in [9.17, 15) is 9.59 Å². The van der Waals surface area contributed by atoms with Crippen LogP contribution in [0.3, 0.4) is 0 Å². The number of hydrogen-bond donors (Lipinski definition) is 0. The van der Waals surface area contributed by atoms with Gasteiger partial charge < -0.3 is 9.64 Å². The van der Waals surface area contributed by atoms with Gasteiger partial charge in [-0.3, -0.25) is 9.59 Å². The Morgan fingerprint density at radius 3 is 2.33 bits per heavy atom. The number of nitriles is 1. The molecule has 6 heteroatoms. The summed E-state index contributed by atoms with van der Waals surface area (Å²) in [5.74, 6) is 0.383. The molecule has 0 radical (unpaired) electrons. The summed E-state index contributed by atoms with van der Waals surface area (Å²) in [6.45, 7) is 9.59. The van der Waals surface area contributed by atoms with Crippen LogP contribution in [-0.4, -0.2) is 23.3 Å². The lowest BCUT2D eigenvalue weighted by Crippen LogP contribution is -2.28. The summed E-state index contributed by atoms with van der Waals surface area (Å²) >= 11 is 1.33. The van der Waals surface area contributed by atoms with Gasteiger partial charge in [0.2, 0.25) is 0 Å². The molecular formula is C21H24N2O3S. The van der Waals surface area contributed by atoms with Crippen molar-refractivity contribution in [3.8, 4) is 11.8 Å². The van der Waals surface area contributed by atoms with Crippen molar-refractivity contribution >= 4 is 29.7 Å². The molecule has 1 aromatic rings. The van der Waals surface area contributed by atoms with Crippen LogP contribution >= 0.6 is 11.8 Å². The molecule has 1 aliphatic heterocycles. The van der Waals surface area contributed by atoms with E-state index in [1.807, 2.05) is 52.0 Å². The molecule has 0 unspecified atom stereocenters. The van der Waals surface area contributed by atoms with Crippen molar-refractivity contribution in [2.45, 2.75) is 46.5 Å². The van der Waals surface area contributed by atoms with E-state index in [4.69, 9.17) is 10.00 Å². The number of ether oxygens (including phenoxy) is 1. The SMILES string of the molecule is CC(=O)Oc1c(C(C)C)cc(/C=C2\SC=CN(CC#N)C2=O)cc1C(C)C. The van der Waals surface area contributed by atoms with Crippen LogP contribution in [0, 0.1) is 11.3 Å². The molecule has 0 N–H and O–H groups in total. The molecule has 0 spiro atoms. The van der Waals surface area contributed by atoms with Crippen LogP contribution < -0.4 is 4.74 Å². The van der Waals surface area contributed by atoms with Gasteiger partial charge in [-0.1, -0.05) is 39.5 Å². The highest BCUT2D eigenvalue weighted by Crippen LogP contribution is 2.37. The maximum absolute atomic E-state index is 12.5. The van der Waals surface area contributed by atoms with Gasteiger partial charge in [0.1, 0.15) is 12.3 Å². The predicted octanol–water partition coefficient (Wildman–Crippen LogP) is 4.77. The Kier molecular flexibility index (Phi) is 6.86. The van der Waals surface area contributed by atoms with Crippen LogP contribution in [0.5, 0.6) is 5.75 Å². The van der Waals surface area contributed by atoms with Crippen molar-refractivity contribution in [3.05, 3.63) is 45.3 Å². The molecule has 0 fully saturated rings. The topological polar surface area (TPSA) is 70.4 Å². The van der Waals surface area contributed by atoms with Crippen molar-refractivity contribution in [3.63, 3.8) is 0 Å². The summed E-state index contributed by atoms with van der Waals surface area (Å²) < 4.78 is 5.53. The molecule has 0 saturated carbocycles.